The third-order valence-corrected chi connectivity index (χ3v) is 7.39. The number of piperidine rings is 1. The van der Waals surface area contributed by atoms with E-state index in [1.807, 2.05) is 38.1 Å². The van der Waals surface area contributed by atoms with Crippen LogP contribution in [-0.2, 0) is 21.4 Å². The van der Waals surface area contributed by atoms with Gasteiger partial charge in [-0.2, -0.15) is 0 Å². The topological polar surface area (TPSA) is 86.8 Å². The highest BCUT2D eigenvalue weighted by Crippen LogP contribution is 2.31. The van der Waals surface area contributed by atoms with Gasteiger partial charge in [-0.05, 0) is 31.7 Å². The van der Waals surface area contributed by atoms with Crippen LogP contribution >= 0.6 is 0 Å². The van der Waals surface area contributed by atoms with E-state index in [4.69, 9.17) is 0 Å². The van der Waals surface area contributed by atoms with E-state index in [0.717, 1.165) is 17.5 Å². The Balaban J connectivity index is 1.67. The monoisotopic (exact) mass is 393 g/mol. The number of unbranched alkanes of at least 4 members (excludes halogenated alkanes) is 1. The van der Waals surface area contributed by atoms with Crippen molar-refractivity contribution in [2.45, 2.75) is 51.6 Å². The Morgan fingerprint density at radius 1 is 1.11 bits per heavy atom. The van der Waals surface area contributed by atoms with Crippen LogP contribution in [0.5, 0.6) is 0 Å². The van der Waals surface area contributed by atoms with Crippen LogP contribution in [0.1, 0.15) is 43.7 Å². The molecular formula is C19H27N3O4S. The van der Waals surface area contributed by atoms with Gasteiger partial charge in [-0.15, -0.1) is 0 Å². The van der Waals surface area contributed by atoms with Crippen LogP contribution in [0.25, 0.3) is 0 Å². The number of sulfonamides is 1. The first kappa shape index (κ1) is 19.8. The lowest BCUT2D eigenvalue weighted by atomic mass is 9.88. The van der Waals surface area contributed by atoms with E-state index in [1.165, 1.54) is 9.21 Å². The lowest BCUT2D eigenvalue weighted by Crippen LogP contribution is -2.56. The molecule has 0 unspecified atom stereocenters. The van der Waals surface area contributed by atoms with Crippen molar-refractivity contribution in [2.75, 3.05) is 18.8 Å². The van der Waals surface area contributed by atoms with Gasteiger partial charge in [0.1, 0.15) is 5.54 Å². The minimum absolute atomic E-state index is 0.135. The molecule has 3 rings (SSSR count). The predicted molar refractivity (Wildman–Crippen MR) is 102 cm³/mol. The zero-order valence-electron chi connectivity index (χ0n) is 15.9. The molecule has 2 aliphatic rings. The number of nitrogens with one attached hydrogen (secondary N) is 1. The Bertz CT molecular complexity index is 812. The average Bonchev–Trinajstić information content (AvgIpc) is 2.86. The van der Waals surface area contributed by atoms with Crippen LogP contribution in [0.4, 0.5) is 4.79 Å². The fraction of sp³-hybridized carbons (Fsp3) is 0.579. The number of nitrogens with zero attached hydrogens (tertiary/aromatic N) is 2. The summed E-state index contributed by atoms with van der Waals surface area (Å²) in [6.07, 6.45) is 2.07. The van der Waals surface area contributed by atoms with Gasteiger partial charge in [0.05, 0.1) is 12.3 Å². The Hall–Kier alpha value is -1.93. The number of hydrogen-bond donors (Lipinski definition) is 1. The van der Waals surface area contributed by atoms with Gasteiger partial charge in [0, 0.05) is 13.1 Å². The summed E-state index contributed by atoms with van der Waals surface area (Å²) < 4.78 is 26.2. The number of imide groups is 1. The Morgan fingerprint density at radius 3 is 2.33 bits per heavy atom. The highest BCUT2D eigenvalue weighted by Gasteiger charge is 2.53. The summed E-state index contributed by atoms with van der Waals surface area (Å²) in [5.41, 5.74) is 1.03. The van der Waals surface area contributed by atoms with Crippen molar-refractivity contribution < 1.29 is 18.0 Å². The Labute approximate surface area is 160 Å². The lowest BCUT2D eigenvalue weighted by Gasteiger charge is -2.36. The standard InChI is InChI=1S/C19H27N3O4S/c1-3-4-13-27(25,26)21-11-9-19(10-12-21)17(23)22(18(24)20-19)14-16-7-5-15(2)6-8-16/h5-8H,3-4,9-14H2,1-2H3,(H,20,24). The van der Waals surface area contributed by atoms with Crippen molar-refractivity contribution >= 4 is 22.0 Å². The number of rotatable bonds is 6. The van der Waals surface area contributed by atoms with Crippen molar-refractivity contribution in [1.82, 2.24) is 14.5 Å². The Kier molecular flexibility index (Phi) is 5.58. The minimum Gasteiger partial charge on any atom is -0.323 e. The van der Waals surface area contributed by atoms with E-state index in [-0.39, 0.29) is 31.3 Å². The van der Waals surface area contributed by atoms with Crippen LogP contribution < -0.4 is 5.32 Å². The summed E-state index contributed by atoms with van der Waals surface area (Å²) >= 11 is 0. The molecule has 3 amide bonds. The fourth-order valence-corrected chi connectivity index (χ4v) is 5.29. The molecule has 2 heterocycles. The second kappa shape index (κ2) is 7.59. The summed E-state index contributed by atoms with van der Waals surface area (Å²) in [7, 11) is -3.29. The van der Waals surface area contributed by atoms with E-state index in [9.17, 15) is 18.0 Å². The molecule has 27 heavy (non-hydrogen) atoms. The van der Waals surface area contributed by atoms with E-state index >= 15 is 0 Å². The van der Waals surface area contributed by atoms with Crippen molar-refractivity contribution in [3.63, 3.8) is 0 Å². The molecule has 2 aliphatic heterocycles. The largest absolute Gasteiger partial charge is 0.325 e. The van der Waals surface area contributed by atoms with Gasteiger partial charge < -0.3 is 5.32 Å². The minimum atomic E-state index is -3.29. The molecule has 0 bridgehead atoms. The summed E-state index contributed by atoms with van der Waals surface area (Å²) in [5.74, 6) is -0.116. The van der Waals surface area contributed by atoms with Gasteiger partial charge in [0.2, 0.25) is 10.0 Å². The molecule has 2 fully saturated rings. The quantitative estimate of drug-likeness (QED) is 0.749. The molecule has 1 aromatic carbocycles. The smallest absolute Gasteiger partial charge is 0.323 e. The van der Waals surface area contributed by atoms with Gasteiger partial charge in [0.25, 0.3) is 5.91 Å². The summed E-state index contributed by atoms with van der Waals surface area (Å²) in [6.45, 7) is 4.68. The average molecular weight is 394 g/mol. The van der Waals surface area contributed by atoms with Crippen LogP contribution in [0.3, 0.4) is 0 Å². The zero-order chi connectivity index (χ0) is 19.7. The second-order valence-corrected chi connectivity index (χ2v) is 9.55. The molecule has 1 N–H and O–H groups in total. The first-order valence-electron chi connectivity index (χ1n) is 9.45. The maximum atomic E-state index is 13.0. The van der Waals surface area contributed by atoms with E-state index in [0.29, 0.717) is 19.3 Å². The number of carbonyl (C=O) groups is 2. The van der Waals surface area contributed by atoms with Crippen LogP contribution in [0, 0.1) is 6.92 Å². The summed E-state index contributed by atoms with van der Waals surface area (Å²) in [5, 5.41) is 2.83. The number of benzene rings is 1. The van der Waals surface area contributed by atoms with Crippen molar-refractivity contribution in [2.24, 2.45) is 0 Å². The number of urea groups is 1. The molecule has 0 radical (unpaired) electrons. The van der Waals surface area contributed by atoms with Gasteiger partial charge in [-0.3, -0.25) is 9.69 Å². The van der Waals surface area contributed by atoms with Crippen LogP contribution in [0.15, 0.2) is 24.3 Å². The lowest BCUT2D eigenvalue weighted by molar-refractivity contribution is -0.133. The molecule has 8 heteroatoms. The van der Waals surface area contributed by atoms with E-state index in [1.54, 1.807) is 0 Å². The number of hydrogen-bond acceptors (Lipinski definition) is 4. The van der Waals surface area contributed by atoms with Crippen molar-refractivity contribution in [1.29, 1.82) is 0 Å². The van der Waals surface area contributed by atoms with Gasteiger partial charge in [0.15, 0.2) is 0 Å². The highest BCUT2D eigenvalue weighted by atomic mass is 32.2. The molecular weight excluding hydrogens is 366 g/mol. The third kappa shape index (κ3) is 4.01. The molecule has 0 atom stereocenters. The van der Waals surface area contributed by atoms with Crippen molar-refractivity contribution in [3.05, 3.63) is 35.4 Å². The highest BCUT2D eigenvalue weighted by molar-refractivity contribution is 7.89. The normalized spacial score (nSPS) is 20.3. The van der Waals surface area contributed by atoms with E-state index < -0.39 is 21.6 Å². The number of aryl methyl sites for hydroxylation is 1. The zero-order valence-corrected chi connectivity index (χ0v) is 16.7. The van der Waals surface area contributed by atoms with Crippen LogP contribution in [0.2, 0.25) is 0 Å². The molecule has 1 aromatic rings. The fourth-order valence-electron chi connectivity index (χ4n) is 3.64. The maximum absolute atomic E-state index is 13.0. The SMILES string of the molecule is CCCCS(=O)(=O)N1CCC2(CC1)NC(=O)N(Cc1ccc(C)cc1)C2=O. The van der Waals surface area contributed by atoms with Gasteiger partial charge in [-0.1, -0.05) is 43.2 Å². The first-order chi connectivity index (χ1) is 12.8. The van der Waals surface area contributed by atoms with Gasteiger partial charge >= 0.3 is 6.03 Å². The van der Waals surface area contributed by atoms with Crippen molar-refractivity contribution in [3.8, 4) is 0 Å². The maximum Gasteiger partial charge on any atom is 0.325 e. The van der Waals surface area contributed by atoms with Crippen LogP contribution in [-0.4, -0.2) is 53.9 Å². The first-order valence-corrected chi connectivity index (χ1v) is 11.1. The summed E-state index contributed by atoms with van der Waals surface area (Å²) in [4.78, 5) is 26.6. The molecule has 0 saturated carbocycles. The molecule has 0 aromatic heterocycles. The molecule has 0 aliphatic carbocycles. The predicted octanol–water partition coefficient (Wildman–Crippen LogP) is 2.01. The third-order valence-electron chi connectivity index (χ3n) is 5.43. The molecule has 148 valence electrons. The molecule has 2 saturated heterocycles. The summed E-state index contributed by atoms with van der Waals surface area (Å²) in [6, 6.07) is 7.31. The number of amides is 3. The molecule has 7 nitrogen and oxygen atoms in total. The van der Waals surface area contributed by atoms with E-state index in [2.05, 4.69) is 5.32 Å². The number of carbonyl (C=O) groups excluding carboxylic acids is 2. The Morgan fingerprint density at radius 2 is 1.74 bits per heavy atom. The molecule has 1 spiro atoms. The van der Waals surface area contributed by atoms with Gasteiger partial charge in [-0.25, -0.2) is 17.5 Å². The second-order valence-electron chi connectivity index (χ2n) is 7.46.